The Balaban J connectivity index is -0.00000125. The molecule has 6 atom stereocenters. The van der Waals surface area contributed by atoms with Gasteiger partial charge in [0.1, 0.15) is 57.8 Å². The number of hydrogen-bond acceptors (Lipinski definition) is 23. The molecule has 4 aliphatic carbocycles. The molecule has 0 bridgehead atoms. The van der Waals surface area contributed by atoms with E-state index in [1.165, 1.54) is 61.3 Å². The molecule has 0 aromatic heterocycles. The van der Waals surface area contributed by atoms with Crippen LogP contribution in [0.1, 0.15) is 257 Å². The number of carbonyl (C=O) groups is 10. The number of phenols is 1. The summed E-state index contributed by atoms with van der Waals surface area (Å²) in [6, 6.07) is 25.5. The smallest absolute Gasteiger partial charge is 0.185 e. The van der Waals surface area contributed by atoms with Crippen LogP contribution in [0.25, 0.3) is 5.57 Å². The van der Waals surface area contributed by atoms with E-state index in [1.54, 1.807) is 110 Å². The second kappa shape index (κ2) is 56.3. The molecule has 0 radical (unpaired) electrons. The zero-order chi connectivity index (χ0) is 91.0. The molecule has 3 aromatic carbocycles. The van der Waals surface area contributed by atoms with E-state index < -0.39 is 22.2 Å². The number of rotatable bonds is 34. The summed E-state index contributed by atoms with van der Waals surface area (Å²) in [5.74, 6) is 2.79. The third-order valence-electron chi connectivity index (χ3n) is 24.2. The van der Waals surface area contributed by atoms with Crippen molar-refractivity contribution < 1.29 is 58.2 Å². The van der Waals surface area contributed by atoms with Gasteiger partial charge >= 0.3 is 0 Å². The number of likely N-dealkylation sites (N-methyl/N-ethyl adjacent to an activating group) is 10. The van der Waals surface area contributed by atoms with Crippen molar-refractivity contribution in [3.63, 3.8) is 0 Å². The van der Waals surface area contributed by atoms with Gasteiger partial charge in [-0.05, 0) is 324 Å². The molecule has 0 heterocycles. The van der Waals surface area contributed by atoms with Crippen LogP contribution in [0.2, 0.25) is 0 Å². The van der Waals surface area contributed by atoms with Crippen LogP contribution in [-0.2, 0) is 67.2 Å². The Hall–Kier alpha value is -7.27. The van der Waals surface area contributed by atoms with Crippen molar-refractivity contribution in [2.24, 2.45) is 22.4 Å². The van der Waals surface area contributed by atoms with E-state index in [-0.39, 0.29) is 98.3 Å². The van der Waals surface area contributed by atoms with Gasteiger partial charge in [-0.3, -0.25) is 52.9 Å². The molecule has 0 spiro atoms. The van der Waals surface area contributed by atoms with E-state index in [2.05, 4.69) is 102 Å². The van der Waals surface area contributed by atoms with Crippen LogP contribution in [0.5, 0.6) is 5.75 Å². The zero-order valence-electron chi connectivity index (χ0n) is 77.7. The van der Waals surface area contributed by atoms with E-state index in [1.807, 2.05) is 126 Å². The highest BCUT2D eigenvalue weighted by Crippen LogP contribution is 2.36. The quantitative estimate of drug-likeness (QED) is 0.0150. The van der Waals surface area contributed by atoms with E-state index >= 15 is 0 Å². The van der Waals surface area contributed by atoms with Gasteiger partial charge in [-0.25, -0.2) is 0 Å². The number of aryl methyl sites for hydroxylation is 1. The monoisotopic (exact) mass is 1640 g/mol. The molecule has 7 rings (SSSR count). The van der Waals surface area contributed by atoms with Gasteiger partial charge in [0.15, 0.2) is 11.7 Å². The lowest BCUT2D eigenvalue weighted by Crippen LogP contribution is -2.50. The van der Waals surface area contributed by atoms with Gasteiger partial charge in [-0.2, -0.15) is 0 Å². The topological polar surface area (TPSA) is 396 Å². The first kappa shape index (κ1) is 114. The van der Waals surface area contributed by atoms with E-state index in [0.29, 0.717) is 24.0 Å². The van der Waals surface area contributed by atoms with Gasteiger partial charge in [0, 0.05) is 6.54 Å². The van der Waals surface area contributed by atoms with Gasteiger partial charge in [-0.1, -0.05) is 119 Å². The molecular formula is C92H161N13O12. The van der Waals surface area contributed by atoms with Crippen LogP contribution in [0.4, 0.5) is 0 Å². The molecule has 25 heteroatoms. The number of aliphatic hydroxyl groups excluding tert-OH is 1. The van der Waals surface area contributed by atoms with Crippen molar-refractivity contribution >= 4 is 69.4 Å². The average Bonchev–Trinajstić information content (AvgIpc) is 0.858. The number of aliphatic imine (C=N–C) groups is 1. The Morgan fingerprint density at radius 2 is 0.855 bits per heavy atom. The Kier molecular flexibility index (Phi) is 54.8. The van der Waals surface area contributed by atoms with Gasteiger partial charge in [-0.15, -0.1) is 0 Å². The summed E-state index contributed by atoms with van der Waals surface area (Å²) >= 11 is 0. The number of benzene rings is 3. The second-order valence-corrected chi connectivity index (χ2v) is 33.3. The van der Waals surface area contributed by atoms with Crippen molar-refractivity contribution in [1.29, 1.82) is 0 Å². The van der Waals surface area contributed by atoms with Crippen LogP contribution < -0.4 is 64.6 Å². The van der Waals surface area contributed by atoms with Crippen molar-refractivity contribution in [1.82, 2.24) is 53.2 Å². The van der Waals surface area contributed by atoms with Gasteiger partial charge < -0.3 is 74.8 Å². The van der Waals surface area contributed by atoms with Gasteiger partial charge in [0.2, 0.25) is 0 Å². The highest BCUT2D eigenvalue weighted by atomic mass is 16.3. The predicted molar refractivity (Wildman–Crippen MR) is 482 cm³/mol. The lowest BCUT2D eigenvalue weighted by Gasteiger charge is -2.34. The fourth-order valence-electron chi connectivity index (χ4n) is 12.7. The molecule has 25 nitrogen and oxygen atoms in total. The zero-order valence-corrected chi connectivity index (χ0v) is 77.7. The summed E-state index contributed by atoms with van der Waals surface area (Å²) in [4.78, 5) is 115. The van der Waals surface area contributed by atoms with E-state index in [9.17, 15) is 47.9 Å². The molecule has 0 unspecified atom stereocenters. The standard InChI is InChI=1S/C15H19NO.C12H17NO2.C12H17NO.C9H20N4O.C9H17NO.C9H19NO.C8H15NO.C6H13NO2.C6H11NO.C6H13NO/c1-11(17)15(2,16-3)10-13-9-8-12-6-4-5-7-14(12)13;1-9(14)12(13-2)8-5-10-3-6-11(15)7-4-10;1-10(14)12(2,13-3)9-11-7-5-4-6-8-11;1-7(14)9(2,12-3)5-4-6-13-8(10)11;1-8(11)9(10-2)6-4-3-5-7-9;1-7(2)6-9(4,10-5)8(3)11;1-7(10)8(9-2)5-3-4-6-8;1-5(9)6(2,4-8)7-3;1-5(8)6(7-2)3-4-6;1-5(8)6(2,3)7-4/h4-7,9,16H,8,10H2,1-3H3;3-4,6-7,12-13,15H,5,8H2,1-2H3;4-8,13H,9H2,1-3H3;12H,4-6H2,1-3H3,(H4,10,11,13);10H,3-7H2,1-2H3;7,10H,6H2,1-5H3;9H,3-6H2,1-2H3;7-8H,4H2,1-3H3;7H,3-4H2,1-2H3;7H,1-4H3/t15-;2*12-;9-;;9-;;6-;;/m0000.0.0../s1. The molecule has 666 valence electrons. The van der Waals surface area contributed by atoms with E-state index in [4.69, 9.17) is 21.7 Å². The van der Waals surface area contributed by atoms with Crippen LogP contribution in [-0.4, -0.2) is 214 Å². The minimum absolute atomic E-state index is 0.0486. The Bertz CT molecular complexity index is 3520. The highest BCUT2D eigenvalue weighted by molar-refractivity contribution is 5.91. The summed E-state index contributed by atoms with van der Waals surface area (Å²) in [7, 11) is 18.1. The van der Waals surface area contributed by atoms with Crippen molar-refractivity contribution in [3.8, 4) is 5.75 Å². The summed E-state index contributed by atoms with van der Waals surface area (Å²) in [5, 5.41) is 48.0. The molecule has 16 N–H and O–H groups in total. The molecule has 0 aliphatic heterocycles. The molecular weight excluding hydrogens is 1480 g/mol. The fourth-order valence-corrected chi connectivity index (χ4v) is 12.7. The fraction of sp³-hybridized carbons (Fsp3) is 0.663. The highest BCUT2D eigenvalue weighted by Gasteiger charge is 2.45. The summed E-state index contributed by atoms with van der Waals surface area (Å²) in [5.41, 5.74) is 13.4. The van der Waals surface area contributed by atoms with Crippen LogP contribution >= 0.6 is 0 Å². The van der Waals surface area contributed by atoms with Crippen molar-refractivity contribution in [2.75, 3.05) is 83.6 Å². The number of allylic oxidation sites excluding steroid dienone is 1. The normalized spacial score (nSPS) is 16.9. The number of carbonyl (C=O) groups excluding carboxylic acids is 10. The van der Waals surface area contributed by atoms with Gasteiger partial charge in [0.05, 0.1) is 62.5 Å². The molecule has 0 amide bonds. The Morgan fingerprint density at radius 3 is 1.15 bits per heavy atom. The predicted octanol–water partition coefficient (Wildman–Crippen LogP) is 10.1. The number of aliphatic hydroxyl groups is 1. The molecule has 3 saturated carbocycles. The summed E-state index contributed by atoms with van der Waals surface area (Å²) < 4.78 is 0. The number of guanidine groups is 1. The Labute approximate surface area is 705 Å². The largest absolute Gasteiger partial charge is 0.508 e. The minimum Gasteiger partial charge on any atom is -0.508 e. The maximum absolute atomic E-state index is 11.7. The van der Waals surface area contributed by atoms with Crippen molar-refractivity contribution in [3.05, 3.63) is 107 Å². The number of aromatic hydroxyl groups is 1. The lowest BCUT2D eigenvalue weighted by molar-refractivity contribution is -0.125. The van der Waals surface area contributed by atoms with Gasteiger partial charge in [0.25, 0.3) is 0 Å². The first-order valence-electron chi connectivity index (χ1n) is 41.6. The number of ketones is 10. The number of nitrogens with one attached hydrogen (secondary N) is 10. The molecule has 3 aromatic rings. The second-order valence-electron chi connectivity index (χ2n) is 33.3. The van der Waals surface area contributed by atoms with Crippen LogP contribution in [0, 0.1) is 5.92 Å². The number of phenolic OH excluding ortho intramolecular Hbond substituents is 1. The molecule has 3 fully saturated rings. The molecule has 0 saturated heterocycles. The van der Waals surface area contributed by atoms with Crippen LogP contribution in [0.3, 0.4) is 0 Å². The van der Waals surface area contributed by atoms with Crippen LogP contribution in [0.15, 0.2) is 89.9 Å². The number of nitrogens with zero attached hydrogens (tertiary/aromatic N) is 1. The lowest BCUT2D eigenvalue weighted by atomic mass is 9.79. The molecule has 4 aliphatic rings. The Morgan fingerprint density at radius 1 is 0.462 bits per heavy atom. The third-order valence-corrected chi connectivity index (χ3v) is 24.2. The average molecular weight is 1640 g/mol. The third kappa shape index (κ3) is 41.5. The first-order valence-corrected chi connectivity index (χ1v) is 41.6. The maximum Gasteiger partial charge on any atom is 0.185 e. The summed E-state index contributed by atoms with van der Waals surface area (Å²) in [6.45, 7) is 33.9. The van der Waals surface area contributed by atoms with Crippen molar-refractivity contribution in [2.45, 2.75) is 309 Å². The maximum atomic E-state index is 11.7. The number of hydrogen-bond donors (Lipinski definition) is 14. The summed E-state index contributed by atoms with van der Waals surface area (Å²) in [6.07, 6.45) is 21.0. The number of Topliss-reactive ketones (excluding diaryl/α,β-unsaturated/α-hetero) is 10. The number of fused-ring (bicyclic) bond motifs is 1. The SMILES string of the molecule is CNC(C)(C)C(C)=O.CNC1(C(C)=O)CC1.CNC1(C(C)=O)CCCC1.CNC1(C(C)=O)CCCCC1.CN[C@@H](CCc1ccc(O)cc1)C(C)=O.CN[C@@](C)(CC(C)C)C(C)=O.CN[C@@](C)(CC1=CCc2ccccc21)C(C)=O.CN[C@@](C)(CCCN=C(N)N)C(C)=O.CN[C@@](C)(CO)C(C)=O.CN[C@@](C)(Cc1ccccc1)C(C)=O. The minimum atomic E-state index is -0.750. The number of nitrogens with two attached hydrogens (primary N) is 2. The van der Waals surface area contributed by atoms with E-state index in [0.717, 1.165) is 95.5 Å². The first-order chi connectivity index (χ1) is 54.3. The molecule has 117 heavy (non-hydrogen) atoms.